The van der Waals surface area contributed by atoms with Gasteiger partial charge in [0.25, 0.3) is 0 Å². The van der Waals surface area contributed by atoms with Crippen molar-refractivity contribution in [1.29, 1.82) is 0 Å². The van der Waals surface area contributed by atoms with Crippen LogP contribution in [-0.2, 0) is 0 Å². The van der Waals surface area contributed by atoms with Gasteiger partial charge in [0.2, 0.25) is 0 Å². The van der Waals surface area contributed by atoms with Gasteiger partial charge in [0.15, 0.2) is 0 Å². The van der Waals surface area contributed by atoms with Crippen molar-refractivity contribution < 1.29 is 0 Å². The van der Waals surface area contributed by atoms with E-state index in [0.29, 0.717) is 5.41 Å². The molecule has 0 nitrogen and oxygen atoms in total. The smallest absolute Gasteiger partial charge is 0.0294 e. The summed E-state index contributed by atoms with van der Waals surface area (Å²) in [7, 11) is 0. The van der Waals surface area contributed by atoms with Crippen LogP contribution in [0.4, 0.5) is 0 Å². The molecule has 2 rings (SSSR count). The maximum Gasteiger partial charge on any atom is -0.0294 e. The van der Waals surface area contributed by atoms with Crippen molar-refractivity contribution in [2.75, 3.05) is 0 Å². The first kappa shape index (κ1) is 11.5. The molecule has 0 saturated heterocycles. The quantitative estimate of drug-likeness (QED) is 0.524. The highest BCUT2D eigenvalue weighted by Gasteiger charge is 2.41. The van der Waals surface area contributed by atoms with Crippen molar-refractivity contribution in [2.45, 2.75) is 72.6 Å². The molecule has 2 aliphatic rings. The first-order chi connectivity index (χ1) is 6.93. The van der Waals surface area contributed by atoms with Crippen LogP contribution in [0.3, 0.4) is 0 Å². The van der Waals surface area contributed by atoms with Crippen molar-refractivity contribution in [3.8, 4) is 0 Å². The maximum absolute atomic E-state index is 2.48. The third-order valence-corrected chi connectivity index (χ3v) is 5.52. The summed E-state index contributed by atoms with van der Waals surface area (Å²) in [5.41, 5.74) is 1.40. The average Bonchev–Trinajstić information content (AvgIpc) is 2.18. The average molecular weight is 208 g/mol. The Morgan fingerprint density at radius 2 is 1.40 bits per heavy atom. The minimum absolute atomic E-state index is 0.636. The molecule has 88 valence electrons. The fourth-order valence-electron chi connectivity index (χ4n) is 3.72. The van der Waals surface area contributed by atoms with E-state index >= 15 is 0 Å². The van der Waals surface area contributed by atoms with Gasteiger partial charge in [0.05, 0.1) is 0 Å². The summed E-state index contributed by atoms with van der Waals surface area (Å²) in [6.45, 7) is 9.83. The number of rotatable bonds is 0. The highest BCUT2D eigenvalue weighted by molar-refractivity contribution is 4.93. The third-order valence-electron chi connectivity index (χ3n) is 5.52. The summed E-state index contributed by atoms with van der Waals surface area (Å²) in [5.74, 6) is 1.95. The highest BCUT2D eigenvalue weighted by Crippen LogP contribution is 2.54. The Bertz CT molecular complexity index is 216. The molecule has 0 amide bonds. The van der Waals surface area contributed by atoms with Crippen molar-refractivity contribution in [1.82, 2.24) is 0 Å². The van der Waals surface area contributed by atoms with Crippen molar-refractivity contribution >= 4 is 0 Å². The molecular formula is C15H28. The zero-order valence-electron chi connectivity index (χ0n) is 11.1. The zero-order valence-corrected chi connectivity index (χ0v) is 11.1. The summed E-state index contributed by atoms with van der Waals surface area (Å²) in [4.78, 5) is 0. The van der Waals surface area contributed by atoms with E-state index in [0.717, 1.165) is 17.3 Å². The van der Waals surface area contributed by atoms with Crippen LogP contribution in [0.1, 0.15) is 72.6 Å². The second-order valence-corrected chi connectivity index (χ2v) is 7.36. The van der Waals surface area contributed by atoms with E-state index in [1.54, 1.807) is 0 Å². The number of hydrogen-bond acceptors (Lipinski definition) is 0. The van der Waals surface area contributed by atoms with E-state index in [-0.39, 0.29) is 0 Å². The van der Waals surface area contributed by atoms with Gasteiger partial charge >= 0.3 is 0 Å². The molecular weight excluding hydrogens is 180 g/mol. The van der Waals surface area contributed by atoms with Gasteiger partial charge in [-0.3, -0.25) is 0 Å². The molecule has 2 fully saturated rings. The molecule has 0 aromatic carbocycles. The van der Waals surface area contributed by atoms with Crippen molar-refractivity contribution in [3.63, 3.8) is 0 Å². The Balaban J connectivity index is 1.98. The molecule has 0 radical (unpaired) electrons. The van der Waals surface area contributed by atoms with Gasteiger partial charge in [0.1, 0.15) is 0 Å². The summed E-state index contributed by atoms with van der Waals surface area (Å²) in [5, 5.41) is 0. The van der Waals surface area contributed by atoms with E-state index in [2.05, 4.69) is 27.7 Å². The van der Waals surface area contributed by atoms with E-state index in [1.807, 2.05) is 0 Å². The van der Waals surface area contributed by atoms with Crippen LogP contribution < -0.4 is 0 Å². The molecule has 0 aliphatic heterocycles. The van der Waals surface area contributed by atoms with Crippen LogP contribution in [0.5, 0.6) is 0 Å². The fourth-order valence-corrected chi connectivity index (χ4v) is 3.72. The molecule has 0 aromatic heterocycles. The van der Waals surface area contributed by atoms with Crippen molar-refractivity contribution in [3.05, 3.63) is 0 Å². The van der Waals surface area contributed by atoms with E-state index in [4.69, 9.17) is 0 Å². The molecule has 0 aromatic rings. The molecule has 2 saturated carbocycles. The van der Waals surface area contributed by atoms with E-state index in [9.17, 15) is 0 Å². The van der Waals surface area contributed by atoms with Crippen LogP contribution in [0.2, 0.25) is 0 Å². The lowest BCUT2D eigenvalue weighted by molar-refractivity contribution is 0.0257. The molecule has 0 bridgehead atoms. The van der Waals surface area contributed by atoms with Crippen LogP contribution in [-0.4, -0.2) is 0 Å². The minimum Gasteiger partial charge on any atom is -0.0623 e. The Kier molecular flexibility index (Phi) is 2.90. The Hall–Kier alpha value is 0. The monoisotopic (exact) mass is 208 g/mol. The largest absolute Gasteiger partial charge is 0.0623 e. The Morgan fingerprint density at radius 1 is 0.800 bits per heavy atom. The summed E-state index contributed by atoms with van der Waals surface area (Å²) < 4.78 is 0. The molecule has 15 heavy (non-hydrogen) atoms. The first-order valence-electron chi connectivity index (χ1n) is 6.93. The van der Waals surface area contributed by atoms with Crippen LogP contribution in [0.25, 0.3) is 0 Å². The topological polar surface area (TPSA) is 0 Å². The minimum atomic E-state index is 0.636. The van der Waals surface area contributed by atoms with Gasteiger partial charge in [-0.05, 0) is 67.6 Å². The van der Waals surface area contributed by atoms with Gasteiger partial charge in [-0.1, -0.05) is 27.7 Å². The summed E-state index contributed by atoms with van der Waals surface area (Å²) in [6, 6.07) is 0. The Labute approximate surface area is 95.8 Å². The molecule has 0 heterocycles. The van der Waals surface area contributed by atoms with Crippen LogP contribution in [0, 0.1) is 22.7 Å². The van der Waals surface area contributed by atoms with Crippen LogP contribution >= 0.6 is 0 Å². The zero-order chi connectivity index (χ0) is 11.1. The lowest BCUT2D eigenvalue weighted by Gasteiger charge is -2.49. The summed E-state index contributed by atoms with van der Waals surface area (Å²) >= 11 is 0. The van der Waals surface area contributed by atoms with E-state index in [1.165, 1.54) is 44.9 Å². The van der Waals surface area contributed by atoms with E-state index < -0.39 is 0 Å². The molecule has 1 spiro atoms. The number of hydrogen-bond donors (Lipinski definition) is 0. The standard InChI is InChI=1S/C15H28/c1-12-5-6-15(11-13(12)2)9-7-14(3,4)8-10-15/h12-13H,5-11H2,1-4H3/t12-,13?/m1/s1. The van der Waals surface area contributed by atoms with Gasteiger partial charge in [-0.15, -0.1) is 0 Å². The van der Waals surface area contributed by atoms with Crippen LogP contribution in [0.15, 0.2) is 0 Å². The normalized spacial score (nSPS) is 39.2. The molecule has 0 N–H and O–H groups in total. The lowest BCUT2D eigenvalue weighted by atomic mass is 9.57. The predicted molar refractivity (Wildman–Crippen MR) is 66.9 cm³/mol. The first-order valence-corrected chi connectivity index (χ1v) is 6.93. The van der Waals surface area contributed by atoms with Gasteiger partial charge in [-0.25, -0.2) is 0 Å². The summed E-state index contributed by atoms with van der Waals surface area (Å²) in [6.07, 6.45) is 10.5. The Morgan fingerprint density at radius 3 is 1.93 bits per heavy atom. The van der Waals surface area contributed by atoms with Gasteiger partial charge < -0.3 is 0 Å². The third kappa shape index (κ3) is 2.40. The van der Waals surface area contributed by atoms with Gasteiger partial charge in [0, 0.05) is 0 Å². The fraction of sp³-hybridized carbons (Fsp3) is 1.00. The second-order valence-electron chi connectivity index (χ2n) is 7.36. The predicted octanol–water partition coefficient (Wildman–Crippen LogP) is 5.03. The maximum atomic E-state index is 2.48. The lowest BCUT2D eigenvalue weighted by Crippen LogP contribution is -2.37. The van der Waals surface area contributed by atoms with Crippen molar-refractivity contribution in [2.24, 2.45) is 22.7 Å². The van der Waals surface area contributed by atoms with Gasteiger partial charge in [-0.2, -0.15) is 0 Å². The SMILES string of the molecule is CC1CC2(CC[C@H]1C)CCC(C)(C)CC2. The molecule has 0 heteroatoms. The molecule has 1 unspecified atom stereocenters. The molecule has 2 atom stereocenters. The highest BCUT2D eigenvalue weighted by atomic mass is 14.5. The second kappa shape index (κ2) is 3.79. The molecule has 2 aliphatic carbocycles.